The molecule has 0 N–H and O–H groups in total. The molecule has 4 heterocycles. The Morgan fingerprint density at radius 3 is 2.02 bits per heavy atom. The van der Waals surface area contributed by atoms with E-state index in [1.807, 2.05) is 12.1 Å². The Morgan fingerprint density at radius 2 is 1.24 bits per heavy atom. The fourth-order valence-electron chi connectivity index (χ4n) is 8.03. The summed E-state index contributed by atoms with van der Waals surface area (Å²) >= 11 is 0. The van der Waals surface area contributed by atoms with E-state index >= 15 is 0 Å². The molecule has 1 unspecified atom stereocenters. The van der Waals surface area contributed by atoms with Crippen molar-refractivity contribution in [1.82, 2.24) is 8.97 Å². The second-order valence-electron chi connectivity index (χ2n) is 12.2. The highest BCUT2D eigenvalue weighted by molar-refractivity contribution is 6.35. The molecule has 4 heteroatoms. The summed E-state index contributed by atoms with van der Waals surface area (Å²) in [7, 11) is 0. The lowest BCUT2D eigenvalue weighted by molar-refractivity contribution is 0.746. The highest BCUT2D eigenvalue weighted by atomic mass is 15.1. The lowest BCUT2D eigenvalue weighted by atomic mass is 9.87. The standard InChI is InChI=1S/C41H26N4/c42-24-25-17-19-26(20-18-25)27-21-22-38(43-34-13-5-1-9-28(27)34)45-36-15-7-3-11-30(36)33-23-32-29-10-2-6-14-35(29)44-37-16-8-4-12-31(37)39(40(32)44)41(33)45/h1-20,23,27H,21-22H2. The van der Waals surface area contributed by atoms with E-state index in [2.05, 4.69) is 130 Å². The van der Waals surface area contributed by atoms with Gasteiger partial charge in [-0.1, -0.05) is 84.9 Å². The van der Waals surface area contributed by atoms with Crippen molar-refractivity contribution in [3.05, 3.63) is 144 Å². The second kappa shape index (κ2) is 9.05. The smallest absolute Gasteiger partial charge is 0.114 e. The van der Waals surface area contributed by atoms with Crippen LogP contribution < -0.4 is 0 Å². The Hall–Kier alpha value is -5.92. The first-order valence-corrected chi connectivity index (χ1v) is 15.6. The summed E-state index contributed by atoms with van der Waals surface area (Å²) in [6, 6.07) is 47.8. The van der Waals surface area contributed by atoms with Crippen molar-refractivity contribution in [2.75, 3.05) is 0 Å². The minimum atomic E-state index is 0.188. The SMILES string of the molecule is N#Cc1ccc(C2CCC(n3c4ccccc4c4cc5c6ccccc6n6c7ccccc7c(c43)c56)=Nc3ccccc32)cc1. The molecule has 0 bridgehead atoms. The number of aliphatic imine (C=N–C) groups is 1. The predicted molar refractivity (Wildman–Crippen MR) is 185 cm³/mol. The number of rotatable bonds is 1. The van der Waals surface area contributed by atoms with Crippen LogP contribution in [0.1, 0.15) is 35.4 Å². The van der Waals surface area contributed by atoms with Gasteiger partial charge < -0.3 is 4.40 Å². The first kappa shape index (κ1) is 24.5. The number of nitrogens with zero attached hydrogens (tertiary/aromatic N) is 4. The van der Waals surface area contributed by atoms with Crippen LogP contribution in [0, 0.1) is 11.3 Å². The predicted octanol–water partition coefficient (Wildman–Crippen LogP) is 10.3. The van der Waals surface area contributed by atoms with Gasteiger partial charge in [0.05, 0.1) is 44.9 Å². The Kier molecular flexibility index (Phi) is 4.93. The van der Waals surface area contributed by atoms with E-state index in [0.717, 1.165) is 24.4 Å². The summed E-state index contributed by atoms with van der Waals surface area (Å²) in [6.07, 6.45) is 1.74. The minimum absolute atomic E-state index is 0.188. The van der Waals surface area contributed by atoms with Crippen LogP contribution in [-0.2, 0) is 0 Å². The zero-order valence-corrected chi connectivity index (χ0v) is 24.4. The molecule has 0 saturated heterocycles. The number of para-hydroxylation sites is 4. The molecule has 0 amide bonds. The van der Waals surface area contributed by atoms with Gasteiger partial charge in [0.15, 0.2) is 0 Å². The van der Waals surface area contributed by atoms with Crippen LogP contribution in [-0.4, -0.2) is 14.8 Å². The van der Waals surface area contributed by atoms with Crippen molar-refractivity contribution < 1.29 is 0 Å². The summed E-state index contributed by atoms with van der Waals surface area (Å²) in [5.74, 6) is 1.25. The third-order valence-electron chi connectivity index (χ3n) is 9.92. The van der Waals surface area contributed by atoms with Crippen LogP contribution in [0.25, 0.3) is 59.9 Å². The monoisotopic (exact) mass is 574 g/mol. The van der Waals surface area contributed by atoms with Crippen LogP contribution in [0.4, 0.5) is 5.69 Å². The zero-order chi connectivity index (χ0) is 29.6. The molecule has 3 aromatic heterocycles. The van der Waals surface area contributed by atoms with E-state index in [9.17, 15) is 5.26 Å². The van der Waals surface area contributed by atoms with E-state index in [4.69, 9.17) is 4.99 Å². The topological polar surface area (TPSA) is 45.5 Å². The number of fused-ring (bicyclic) bond motifs is 11. The van der Waals surface area contributed by atoms with Gasteiger partial charge in [0.2, 0.25) is 0 Å². The first-order chi connectivity index (χ1) is 22.3. The number of hydrogen-bond acceptors (Lipinski definition) is 2. The fourth-order valence-corrected chi connectivity index (χ4v) is 8.03. The lowest BCUT2D eigenvalue weighted by Crippen LogP contribution is -2.12. The van der Waals surface area contributed by atoms with E-state index in [-0.39, 0.29) is 5.92 Å². The van der Waals surface area contributed by atoms with E-state index in [0.29, 0.717) is 5.56 Å². The quantitative estimate of drug-likeness (QED) is 0.192. The summed E-state index contributed by atoms with van der Waals surface area (Å²) in [4.78, 5) is 5.48. The third kappa shape index (κ3) is 3.27. The van der Waals surface area contributed by atoms with Gasteiger partial charge in [-0.05, 0) is 60.0 Å². The normalized spacial score (nSPS) is 15.3. The van der Waals surface area contributed by atoms with Crippen molar-refractivity contribution in [2.24, 2.45) is 4.99 Å². The average Bonchev–Trinajstić information content (AvgIpc) is 3.68. The highest BCUT2D eigenvalue weighted by Gasteiger charge is 2.27. The Bertz CT molecular complexity index is 2710. The highest BCUT2D eigenvalue weighted by Crippen LogP contribution is 2.46. The minimum Gasteiger partial charge on any atom is -0.308 e. The van der Waals surface area contributed by atoms with Gasteiger partial charge in [0.1, 0.15) is 5.84 Å². The maximum absolute atomic E-state index is 9.40. The molecular formula is C41H26N4. The summed E-state index contributed by atoms with van der Waals surface area (Å²) in [5, 5.41) is 17.0. The molecule has 0 spiro atoms. The van der Waals surface area contributed by atoms with Gasteiger partial charge in [-0.15, -0.1) is 0 Å². The number of hydrogen-bond donors (Lipinski definition) is 0. The molecular weight excluding hydrogens is 548 g/mol. The molecule has 0 radical (unpaired) electrons. The third-order valence-corrected chi connectivity index (χ3v) is 9.92. The van der Waals surface area contributed by atoms with Crippen molar-refractivity contribution in [3.63, 3.8) is 0 Å². The molecule has 1 atom stereocenters. The van der Waals surface area contributed by atoms with Crippen molar-refractivity contribution in [2.45, 2.75) is 18.8 Å². The van der Waals surface area contributed by atoms with Gasteiger partial charge in [0, 0.05) is 44.7 Å². The average molecular weight is 575 g/mol. The summed E-state index contributed by atoms with van der Waals surface area (Å²) in [5.41, 5.74) is 10.3. The summed E-state index contributed by atoms with van der Waals surface area (Å²) < 4.78 is 4.92. The van der Waals surface area contributed by atoms with Crippen molar-refractivity contribution >= 4 is 71.4 Å². The van der Waals surface area contributed by atoms with E-state index < -0.39 is 0 Å². The molecule has 0 saturated carbocycles. The Balaban J connectivity index is 1.31. The molecule has 4 nitrogen and oxygen atoms in total. The largest absolute Gasteiger partial charge is 0.308 e. The van der Waals surface area contributed by atoms with E-state index in [1.54, 1.807) is 0 Å². The summed E-state index contributed by atoms with van der Waals surface area (Å²) in [6.45, 7) is 0. The maximum Gasteiger partial charge on any atom is 0.114 e. The molecule has 1 aliphatic heterocycles. The number of nitriles is 1. The Morgan fingerprint density at radius 1 is 0.622 bits per heavy atom. The van der Waals surface area contributed by atoms with Gasteiger partial charge >= 0.3 is 0 Å². The fraction of sp³-hybridized carbons (Fsp3) is 0.0732. The van der Waals surface area contributed by atoms with Gasteiger partial charge in [-0.3, -0.25) is 4.57 Å². The van der Waals surface area contributed by atoms with E-state index in [1.165, 1.54) is 71.0 Å². The van der Waals surface area contributed by atoms with Crippen molar-refractivity contribution in [1.29, 1.82) is 5.26 Å². The zero-order valence-electron chi connectivity index (χ0n) is 24.4. The molecule has 210 valence electrons. The second-order valence-corrected chi connectivity index (χ2v) is 12.2. The van der Waals surface area contributed by atoms with Gasteiger partial charge in [-0.2, -0.15) is 5.26 Å². The molecule has 6 aromatic carbocycles. The van der Waals surface area contributed by atoms with Crippen LogP contribution in [0.15, 0.2) is 132 Å². The number of aromatic nitrogens is 2. The van der Waals surface area contributed by atoms with Crippen LogP contribution in [0.5, 0.6) is 0 Å². The molecule has 1 aliphatic rings. The molecule has 45 heavy (non-hydrogen) atoms. The van der Waals surface area contributed by atoms with Gasteiger partial charge in [0.25, 0.3) is 0 Å². The van der Waals surface area contributed by atoms with Crippen LogP contribution >= 0.6 is 0 Å². The van der Waals surface area contributed by atoms with Crippen LogP contribution in [0.3, 0.4) is 0 Å². The molecule has 10 rings (SSSR count). The lowest BCUT2D eigenvalue weighted by Gasteiger charge is -2.17. The molecule has 0 fully saturated rings. The van der Waals surface area contributed by atoms with Gasteiger partial charge in [-0.25, -0.2) is 4.99 Å². The molecule has 9 aromatic rings. The van der Waals surface area contributed by atoms with Crippen LogP contribution in [0.2, 0.25) is 0 Å². The number of benzene rings is 6. The van der Waals surface area contributed by atoms with Crippen molar-refractivity contribution in [3.8, 4) is 6.07 Å². The Labute approximate surface area is 259 Å². The first-order valence-electron chi connectivity index (χ1n) is 15.6. The maximum atomic E-state index is 9.40. The molecule has 0 aliphatic carbocycles.